The number of rotatable bonds is 5. The number of hydrogen-bond donors (Lipinski definition) is 1. The summed E-state index contributed by atoms with van der Waals surface area (Å²) in [6, 6.07) is 8.06. The molecule has 0 spiro atoms. The van der Waals surface area contributed by atoms with E-state index in [4.69, 9.17) is 9.47 Å². The van der Waals surface area contributed by atoms with Crippen molar-refractivity contribution in [2.45, 2.75) is 19.9 Å². The Morgan fingerprint density at radius 3 is 3.05 bits per heavy atom. The number of anilines is 1. The quantitative estimate of drug-likeness (QED) is 0.892. The van der Waals surface area contributed by atoms with E-state index in [0.29, 0.717) is 19.0 Å². The maximum Gasteiger partial charge on any atom is 0.213 e. The summed E-state index contributed by atoms with van der Waals surface area (Å²) in [5, 5.41) is 3.37. The SMILES string of the molecule is CCOc1ccc(NCc2cc(Br)cc3c2OCC3)cn1. The Labute approximate surface area is 132 Å². The molecule has 21 heavy (non-hydrogen) atoms. The van der Waals surface area contributed by atoms with E-state index < -0.39 is 0 Å². The predicted molar refractivity (Wildman–Crippen MR) is 86.1 cm³/mol. The van der Waals surface area contributed by atoms with E-state index in [9.17, 15) is 0 Å². The number of aromatic nitrogens is 1. The minimum Gasteiger partial charge on any atom is -0.493 e. The molecule has 0 unspecified atom stereocenters. The van der Waals surface area contributed by atoms with Crippen LogP contribution < -0.4 is 14.8 Å². The van der Waals surface area contributed by atoms with Gasteiger partial charge in [0.15, 0.2) is 0 Å². The molecule has 1 aliphatic rings. The second-order valence-electron chi connectivity index (χ2n) is 4.82. The van der Waals surface area contributed by atoms with E-state index in [0.717, 1.165) is 34.5 Å². The molecule has 0 aliphatic carbocycles. The number of fused-ring (bicyclic) bond motifs is 1. The molecule has 1 N–H and O–H groups in total. The van der Waals surface area contributed by atoms with Crippen molar-refractivity contribution in [2.75, 3.05) is 18.5 Å². The third-order valence-corrected chi connectivity index (χ3v) is 3.79. The maximum atomic E-state index is 5.73. The standard InChI is InChI=1S/C16H17BrN2O2/c1-2-20-15-4-3-14(10-19-15)18-9-12-8-13(17)7-11-5-6-21-16(11)12/h3-4,7-8,10,18H,2,5-6,9H2,1H3. The van der Waals surface area contributed by atoms with Crippen molar-refractivity contribution in [3.63, 3.8) is 0 Å². The molecule has 1 aromatic carbocycles. The summed E-state index contributed by atoms with van der Waals surface area (Å²) in [5.41, 5.74) is 3.39. The van der Waals surface area contributed by atoms with Gasteiger partial charge in [-0.05, 0) is 30.7 Å². The maximum absolute atomic E-state index is 5.73. The van der Waals surface area contributed by atoms with E-state index in [1.165, 1.54) is 5.56 Å². The monoisotopic (exact) mass is 348 g/mol. The molecule has 0 fully saturated rings. The van der Waals surface area contributed by atoms with Crippen LogP contribution in [0.3, 0.4) is 0 Å². The summed E-state index contributed by atoms with van der Waals surface area (Å²) in [7, 11) is 0. The number of nitrogens with zero attached hydrogens (tertiary/aromatic N) is 1. The zero-order chi connectivity index (χ0) is 14.7. The van der Waals surface area contributed by atoms with Crippen molar-refractivity contribution in [1.29, 1.82) is 0 Å². The van der Waals surface area contributed by atoms with Crippen molar-refractivity contribution in [3.05, 3.63) is 46.1 Å². The van der Waals surface area contributed by atoms with E-state index in [-0.39, 0.29) is 0 Å². The molecule has 2 heterocycles. The third-order valence-electron chi connectivity index (χ3n) is 3.34. The zero-order valence-electron chi connectivity index (χ0n) is 11.9. The van der Waals surface area contributed by atoms with Crippen LogP contribution in [0.1, 0.15) is 18.1 Å². The number of nitrogens with one attached hydrogen (secondary N) is 1. The third kappa shape index (κ3) is 3.29. The van der Waals surface area contributed by atoms with Gasteiger partial charge < -0.3 is 14.8 Å². The molecule has 0 radical (unpaired) electrons. The van der Waals surface area contributed by atoms with E-state index >= 15 is 0 Å². The molecule has 0 atom stereocenters. The summed E-state index contributed by atoms with van der Waals surface area (Å²) in [4.78, 5) is 4.25. The molecule has 0 amide bonds. The van der Waals surface area contributed by atoms with Crippen molar-refractivity contribution in [1.82, 2.24) is 4.98 Å². The van der Waals surface area contributed by atoms with Crippen LogP contribution in [0.25, 0.3) is 0 Å². The molecule has 3 rings (SSSR count). The fourth-order valence-electron chi connectivity index (χ4n) is 2.39. The van der Waals surface area contributed by atoms with Gasteiger partial charge in [-0.25, -0.2) is 4.98 Å². The highest BCUT2D eigenvalue weighted by Crippen LogP contribution is 2.33. The Morgan fingerprint density at radius 1 is 1.38 bits per heavy atom. The van der Waals surface area contributed by atoms with Gasteiger partial charge in [0.25, 0.3) is 0 Å². The Kier molecular flexibility index (Phi) is 4.29. The molecule has 4 nitrogen and oxygen atoms in total. The van der Waals surface area contributed by atoms with Crippen LogP contribution in [0.5, 0.6) is 11.6 Å². The normalized spacial score (nSPS) is 12.7. The van der Waals surface area contributed by atoms with Crippen molar-refractivity contribution in [2.24, 2.45) is 0 Å². The largest absolute Gasteiger partial charge is 0.493 e. The lowest BCUT2D eigenvalue weighted by Crippen LogP contribution is -2.02. The van der Waals surface area contributed by atoms with Crippen LogP contribution >= 0.6 is 15.9 Å². The molecule has 110 valence electrons. The molecule has 0 saturated carbocycles. The molecule has 2 aromatic rings. The fraction of sp³-hybridized carbons (Fsp3) is 0.312. The van der Waals surface area contributed by atoms with Gasteiger partial charge in [0.1, 0.15) is 5.75 Å². The highest BCUT2D eigenvalue weighted by molar-refractivity contribution is 9.10. The Morgan fingerprint density at radius 2 is 2.29 bits per heavy atom. The van der Waals surface area contributed by atoms with Gasteiger partial charge in [0, 0.05) is 29.1 Å². The average molecular weight is 349 g/mol. The van der Waals surface area contributed by atoms with E-state index in [2.05, 4.69) is 38.4 Å². The summed E-state index contributed by atoms with van der Waals surface area (Å²) in [6.45, 7) is 4.05. The Hall–Kier alpha value is -1.75. The average Bonchev–Trinajstić information content (AvgIpc) is 2.94. The number of benzene rings is 1. The van der Waals surface area contributed by atoms with Crippen LogP contribution in [-0.4, -0.2) is 18.2 Å². The van der Waals surface area contributed by atoms with Crippen molar-refractivity contribution < 1.29 is 9.47 Å². The summed E-state index contributed by atoms with van der Waals surface area (Å²) in [5.74, 6) is 1.67. The second kappa shape index (κ2) is 6.35. The number of halogens is 1. The van der Waals surface area contributed by atoms with Crippen LogP contribution in [0, 0.1) is 0 Å². The molecular weight excluding hydrogens is 332 g/mol. The first-order valence-electron chi connectivity index (χ1n) is 7.03. The number of hydrogen-bond acceptors (Lipinski definition) is 4. The molecule has 1 aromatic heterocycles. The van der Waals surface area contributed by atoms with Gasteiger partial charge in [0.2, 0.25) is 5.88 Å². The minimum absolute atomic E-state index is 0.626. The number of pyridine rings is 1. The zero-order valence-corrected chi connectivity index (χ0v) is 13.4. The minimum atomic E-state index is 0.626. The Balaban J connectivity index is 1.70. The first-order chi connectivity index (χ1) is 10.3. The molecule has 0 bridgehead atoms. The topological polar surface area (TPSA) is 43.4 Å². The summed E-state index contributed by atoms with van der Waals surface area (Å²) < 4.78 is 12.2. The predicted octanol–water partition coefficient (Wildman–Crippen LogP) is 3.79. The van der Waals surface area contributed by atoms with Crippen LogP contribution in [0.15, 0.2) is 34.9 Å². The molecule has 1 aliphatic heterocycles. The van der Waals surface area contributed by atoms with Gasteiger partial charge in [0.05, 0.1) is 25.1 Å². The summed E-state index contributed by atoms with van der Waals surface area (Å²) >= 11 is 3.56. The van der Waals surface area contributed by atoms with Crippen LogP contribution in [-0.2, 0) is 13.0 Å². The highest BCUT2D eigenvalue weighted by atomic mass is 79.9. The first-order valence-corrected chi connectivity index (χ1v) is 7.82. The van der Waals surface area contributed by atoms with E-state index in [1.54, 1.807) is 6.20 Å². The van der Waals surface area contributed by atoms with Gasteiger partial charge in [-0.3, -0.25) is 0 Å². The summed E-state index contributed by atoms with van der Waals surface area (Å²) in [6.07, 6.45) is 2.76. The molecule has 5 heteroatoms. The smallest absolute Gasteiger partial charge is 0.213 e. The highest BCUT2D eigenvalue weighted by Gasteiger charge is 2.17. The Bertz CT molecular complexity index is 629. The lowest BCUT2D eigenvalue weighted by Gasteiger charge is -2.11. The lowest BCUT2D eigenvalue weighted by molar-refractivity contribution is 0.327. The van der Waals surface area contributed by atoms with Gasteiger partial charge in [-0.15, -0.1) is 0 Å². The molecular formula is C16H17BrN2O2. The van der Waals surface area contributed by atoms with Gasteiger partial charge in [-0.1, -0.05) is 15.9 Å². The van der Waals surface area contributed by atoms with Gasteiger partial charge >= 0.3 is 0 Å². The fourth-order valence-corrected chi connectivity index (χ4v) is 2.95. The van der Waals surface area contributed by atoms with Crippen molar-refractivity contribution >= 4 is 21.6 Å². The van der Waals surface area contributed by atoms with Crippen LogP contribution in [0.2, 0.25) is 0 Å². The molecule has 0 saturated heterocycles. The van der Waals surface area contributed by atoms with Crippen LogP contribution in [0.4, 0.5) is 5.69 Å². The van der Waals surface area contributed by atoms with Crippen molar-refractivity contribution in [3.8, 4) is 11.6 Å². The van der Waals surface area contributed by atoms with Gasteiger partial charge in [-0.2, -0.15) is 0 Å². The second-order valence-corrected chi connectivity index (χ2v) is 5.74. The number of ether oxygens (including phenoxy) is 2. The van der Waals surface area contributed by atoms with E-state index in [1.807, 2.05) is 19.1 Å². The lowest BCUT2D eigenvalue weighted by atomic mass is 10.1. The first kappa shape index (κ1) is 14.2.